The minimum atomic E-state index is 0.521. The molecule has 5 rings (SSSR count). The molecule has 1 aliphatic carbocycles. The van der Waals surface area contributed by atoms with Crippen LogP contribution in [0.2, 0.25) is 0 Å². The second kappa shape index (κ2) is 7.10. The van der Waals surface area contributed by atoms with E-state index >= 15 is 0 Å². The van der Waals surface area contributed by atoms with Gasteiger partial charge in [0.1, 0.15) is 5.75 Å². The lowest BCUT2D eigenvalue weighted by atomic mass is 9.85. The molecule has 0 saturated carbocycles. The van der Waals surface area contributed by atoms with Crippen LogP contribution in [0, 0.1) is 5.92 Å². The molecule has 0 amide bonds. The molecule has 2 nitrogen and oxygen atoms in total. The number of hydrogen-bond acceptors (Lipinski definition) is 2. The maximum atomic E-state index is 5.31. The molecule has 1 fully saturated rings. The van der Waals surface area contributed by atoms with Gasteiger partial charge in [-0.3, -0.25) is 4.90 Å². The molecule has 0 N–H and O–H groups in total. The molecular weight excluding hydrogens is 342 g/mol. The summed E-state index contributed by atoms with van der Waals surface area (Å²) in [5.74, 6) is 2.29. The fourth-order valence-corrected chi connectivity index (χ4v) is 5.31. The monoisotopic (exact) mass is 369 g/mol. The van der Waals surface area contributed by atoms with E-state index in [1.54, 1.807) is 18.2 Å². The number of ether oxygens (including phenoxy) is 1. The number of methoxy groups -OCH3 is 1. The standard InChI is InChI=1S/C26H27NO/c1-18-23-14-15-27(17-19-6-4-3-5-7-19)26(18)25-16-21(10-13-24(23)25)20-8-11-22(28-2)12-9-20/h3-13,16,18,23,26H,14-15,17H2,1-2H3/t18-,23?,26?/m0/s1. The first kappa shape index (κ1) is 17.5. The van der Waals surface area contributed by atoms with Crippen molar-refractivity contribution in [2.24, 2.45) is 5.92 Å². The summed E-state index contributed by atoms with van der Waals surface area (Å²) in [6.07, 6.45) is 1.26. The minimum Gasteiger partial charge on any atom is -0.497 e. The van der Waals surface area contributed by atoms with Gasteiger partial charge in [0.2, 0.25) is 0 Å². The van der Waals surface area contributed by atoms with Crippen molar-refractivity contribution in [1.82, 2.24) is 4.90 Å². The molecule has 0 radical (unpaired) electrons. The summed E-state index contributed by atoms with van der Waals surface area (Å²) in [4.78, 5) is 2.69. The Balaban J connectivity index is 1.49. The molecule has 2 heteroatoms. The molecule has 3 aromatic rings. The molecule has 2 unspecified atom stereocenters. The van der Waals surface area contributed by atoms with E-state index in [2.05, 4.69) is 72.5 Å². The van der Waals surface area contributed by atoms with Crippen LogP contribution in [0.3, 0.4) is 0 Å². The zero-order valence-corrected chi connectivity index (χ0v) is 16.6. The molecule has 0 spiro atoms. The van der Waals surface area contributed by atoms with Crippen LogP contribution in [0.15, 0.2) is 72.8 Å². The molecule has 2 aliphatic rings. The lowest BCUT2D eigenvalue weighted by Crippen LogP contribution is -2.36. The third-order valence-electron chi connectivity index (χ3n) is 6.71. The van der Waals surface area contributed by atoms with Crippen LogP contribution in [0.1, 0.15) is 42.0 Å². The van der Waals surface area contributed by atoms with Crippen LogP contribution in [0.5, 0.6) is 5.75 Å². The third kappa shape index (κ3) is 2.93. The summed E-state index contributed by atoms with van der Waals surface area (Å²) in [5.41, 5.74) is 7.09. The largest absolute Gasteiger partial charge is 0.497 e. The Morgan fingerprint density at radius 3 is 2.39 bits per heavy atom. The Kier molecular flexibility index (Phi) is 4.44. The van der Waals surface area contributed by atoms with Gasteiger partial charge in [-0.2, -0.15) is 0 Å². The maximum Gasteiger partial charge on any atom is 0.118 e. The van der Waals surface area contributed by atoms with Gasteiger partial charge in [0.15, 0.2) is 0 Å². The number of rotatable bonds is 4. The summed E-state index contributed by atoms with van der Waals surface area (Å²) in [5, 5.41) is 0. The summed E-state index contributed by atoms with van der Waals surface area (Å²) >= 11 is 0. The van der Waals surface area contributed by atoms with E-state index in [4.69, 9.17) is 4.74 Å². The van der Waals surface area contributed by atoms with Crippen molar-refractivity contribution in [2.45, 2.75) is 31.8 Å². The second-order valence-electron chi connectivity index (χ2n) is 8.23. The average molecular weight is 370 g/mol. The summed E-state index contributed by atoms with van der Waals surface area (Å²) in [6, 6.07) is 27.0. The molecular formula is C26H27NO. The van der Waals surface area contributed by atoms with Gasteiger partial charge in [-0.05, 0) is 70.8 Å². The van der Waals surface area contributed by atoms with Crippen molar-refractivity contribution < 1.29 is 4.74 Å². The van der Waals surface area contributed by atoms with Crippen molar-refractivity contribution in [2.75, 3.05) is 13.7 Å². The minimum absolute atomic E-state index is 0.521. The molecule has 1 saturated heterocycles. The Hall–Kier alpha value is -2.58. The van der Waals surface area contributed by atoms with Crippen molar-refractivity contribution >= 4 is 0 Å². The Labute approximate surface area is 167 Å². The van der Waals surface area contributed by atoms with Crippen molar-refractivity contribution in [1.29, 1.82) is 0 Å². The van der Waals surface area contributed by atoms with Gasteiger partial charge in [-0.25, -0.2) is 0 Å². The Morgan fingerprint density at radius 1 is 0.893 bits per heavy atom. The molecule has 28 heavy (non-hydrogen) atoms. The highest BCUT2D eigenvalue weighted by Crippen LogP contribution is 2.53. The van der Waals surface area contributed by atoms with E-state index in [0.717, 1.165) is 12.3 Å². The SMILES string of the molecule is COc1ccc(-c2ccc3c(c2)C2[C@@H](C)C3CCN2Cc2ccccc2)cc1. The predicted octanol–water partition coefficient (Wildman–Crippen LogP) is 6.04. The summed E-state index contributed by atoms with van der Waals surface area (Å²) < 4.78 is 5.31. The average Bonchev–Trinajstić information content (AvgIpc) is 2.91. The van der Waals surface area contributed by atoms with Crippen LogP contribution in [0.25, 0.3) is 11.1 Å². The van der Waals surface area contributed by atoms with E-state index in [1.807, 2.05) is 12.1 Å². The lowest BCUT2D eigenvalue weighted by molar-refractivity contribution is 0.0964. The number of piperidine rings is 1. The first-order valence-electron chi connectivity index (χ1n) is 10.3. The van der Waals surface area contributed by atoms with Crippen molar-refractivity contribution in [3.8, 4) is 16.9 Å². The van der Waals surface area contributed by atoms with Gasteiger partial charge < -0.3 is 4.74 Å². The lowest BCUT2D eigenvalue weighted by Gasteiger charge is -2.38. The van der Waals surface area contributed by atoms with Crippen LogP contribution in [-0.4, -0.2) is 18.6 Å². The van der Waals surface area contributed by atoms with Gasteiger partial charge in [-0.15, -0.1) is 0 Å². The van der Waals surface area contributed by atoms with Gasteiger partial charge in [-0.1, -0.05) is 61.5 Å². The Morgan fingerprint density at radius 2 is 1.64 bits per heavy atom. The summed E-state index contributed by atoms with van der Waals surface area (Å²) in [6.45, 7) is 4.66. The van der Waals surface area contributed by atoms with Gasteiger partial charge in [0, 0.05) is 12.6 Å². The van der Waals surface area contributed by atoms with E-state index in [0.29, 0.717) is 17.9 Å². The molecule has 142 valence electrons. The van der Waals surface area contributed by atoms with Crippen molar-refractivity contribution in [3.05, 3.63) is 89.5 Å². The highest BCUT2D eigenvalue weighted by Gasteiger charge is 2.44. The predicted molar refractivity (Wildman–Crippen MR) is 115 cm³/mol. The molecule has 3 atom stereocenters. The zero-order chi connectivity index (χ0) is 19.1. The normalized spacial score (nSPS) is 23.4. The topological polar surface area (TPSA) is 12.5 Å². The molecule has 1 heterocycles. The Bertz CT molecular complexity index is 963. The number of benzene rings is 3. The van der Waals surface area contributed by atoms with E-state index in [1.165, 1.54) is 29.7 Å². The van der Waals surface area contributed by atoms with E-state index in [-0.39, 0.29) is 0 Å². The molecule has 1 aliphatic heterocycles. The van der Waals surface area contributed by atoms with Gasteiger partial charge in [0.05, 0.1) is 7.11 Å². The first-order valence-corrected chi connectivity index (χ1v) is 10.3. The van der Waals surface area contributed by atoms with E-state index in [9.17, 15) is 0 Å². The van der Waals surface area contributed by atoms with Gasteiger partial charge >= 0.3 is 0 Å². The second-order valence-corrected chi connectivity index (χ2v) is 8.23. The maximum absolute atomic E-state index is 5.31. The smallest absolute Gasteiger partial charge is 0.118 e. The number of hydrogen-bond donors (Lipinski definition) is 0. The molecule has 3 aromatic carbocycles. The number of likely N-dealkylation sites (tertiary alicyclic amines) is 1. The highest BCUT2D eigenvalue weighted by molar-refractivity contribution is 5.67. The molecule has 0 aromatic heterocycles. The number of nitrogens with zero attached hydrogens (tertiary/aromatic N) is 1. The van der Waals surface area contributed by atoms with E-state index < -0.39 is 0 Å². The van der Waals surface area contributed by atoms with Crippen LogP contribution in [0.4, 0.5) is 0 Å². The van der Waals surface area contributed by atoms with Crippen molar-refractivity contribution in [3.63, 3.8) is 0 Å². The zero-order valence-electron chi connectivity index (χ0n) is 16.6. The fourth-order valence-electron chi connectivity index (χ4n) is 5.31. The molecule has 2 bridgehead atoms. The van der Waals surface area contributed by atoms with Crippen LogP contribution in [-0.2, 0) is 6.54 Å². The first-order chi connectivity index (χ1) is 13.7. The number of fused-ring (bicyclic) bond motifs is 5. The highest BCUT2D eigenvalue weighted by atomic mass is 16.5. The quantitative estimate of drug-likeness (QED) is 0.556. The van der Waals surface area contributed by atoms with Gasteiger partial charge in [0.25, 0.3) is 0 Å². The summed E-state index contributed by atoms with van der Waals surface area (Å²) in [7, 11) is 1.72. The fraction of sp³-hybridized carbons (Fsp3) is 0.308. The third-order valence-corrected chi connectivity index (χ3v) is 6.71. The van der Waals surface area contributed by atoms with Crippen LogP contribution >= 0.6 is 0 Å². The van der Waals surface area contributed by atoms with Crippen LogP contribution < -0.4 is 4.74 Å².